The fourth-order valence-electron chi connectivity index (χ4n) is 1.23. The number of rotatable bonds is 5. The van der Waals surface area contributed by atoms with E-state index in [9.17, 15) is 0 Å². The summed E-state index contributed by atoms with van der Waals surface area (Å²) < 4.78 is 5.10. The average molecular weight is 184 g/mol. The molecule has 0 bridgehead atoms. The van der Waals surface area contributed by atoms with Gasteiger partial charge in [-0.15, -0.1) is 0 Å². The number of nitrogens with zero attached hydrogens (tertiary/aromatic N) is 1. The summed E-state index contributed by atoms with van der Waals surface area (Å²) >= 11 is 0. The van der Waals surface area contributed by atoms with Gasteiger partial charge in [0.25, 0.3) is 0 Å². The van der Waals surface area contributed by atoms with Crippen LogP contribution in [0.2, 0.25) is 0 Å². The van der Waals surface area contributed by atoms with E-state index in [2.05, 4.69) is 18.8 Å². The number of aliphatic imine (C=N–C) groups is 1. The Morgan fingerprint density at radius 3 is 2.54 bits per heavy atom. The highest BCUT2D eigenvalue weighted by molar-refractivity contribution is 5.85. The average Bonchev–Trinajstić information content (AvgIpc) is 2.85. The van der Waals surface area contributed by atoms with Gasteiger partial charge in [0.05, 0.1) is 18.5 Å². The van der Waals surface area contributed by atoms with Crippen LogP contribution in [-0.4, -0.2) is 25.6 Å². The molecule has 1 unspecified atom stereocenters. The van der Waals surface area contributed by atoms with Crippen LogP contribution in [0.5, 0.6) is 0 Å². The molecule has 0 amide bonds. The van der Waals surface area contributed by atoms with Gasteiger partial charge in [-0.25, -0.2) is 0 Å². The van der Waals surface area contributed by atoms with Crippen LogP contribution in [0.15, 0.2) is 4.99 Å². The topological polar surface area (TPSA) is 47.6 Å². The van der Waals surface area contributed by atoms with Gasteiger partial charge in [0.2, 0.25) is 0 Å². The fraction of sp³-hybridized carbons (Fsp3) is 0.900. The second kappa shape index (κ2) is 4.61. The monoisotopic (exact) mass is 184 g/mol. The molecule has 13 heavy (non-hydrogen) atoms. The summed E-state index contributed by atoms with van der Waals surface area (Å²) in [5, 5.41) is 0. The zero-order chi connectivity index (χ0) is 9.84. The van der Waals surface area contributed by atoms with Crippen LogP contribution in [0.1, 0.15) is 26.7 Å². The molecule has 0 radical (unpaired) electrons. The highest BCUT2D eigenvalue weighted by Gasteiger charge is 2.26. The van der Waals surface area contributed by atoms with E-state index in [0.717, 1.165) is 5.84 Å². The van der Waals surface area contributed by atoms with Crippen molar-refractivity contribution in [3.63, 3.8) is 0 Å². The van der Waals surface area contributed by atoms with Crippen molar-refractivity contribution in [1.29, 1.82) is 0 Å². The van der Waals surface area contributed by atoms with Crippen LogP contribution in [0.3, 0.4) is 0 Å². The molecule has 3 nitrogen and oxygen atoms in total. The first-order chi connectivity index (χ1) is 6.15. The molecule has 0 aliphatic heterocycles. The zero-order valence-electron chi connectivity index (χ0n) is 8.79. The Kier molecular flexibility index (Phi) is 3.72. The van der Waals surface area contributed by atoms with Gasteiger partial charge in [0, 0.05) is 13.0 Å². The SMILES string of the molecule is COCC(N=C(N)C1CC1)C(C)C. The number of nitrogens with two attached hydrogens (primary N) is 1. The first-order valence-electron chi connectivity index (χ1n) is 4.97. The van der Waals surface area contributed by atoms with Gasteiger partial charge in [0.15, 0.2) is 0 Å². The van der Waals surface area contributed by atoms with Crippen LogP contribution >= 0.6 is 0 Å². The van der Waals surface area contributed by atoms with Gasteiger partial charge in [-0.3, -0.25) is 4.99 Å². The Labute approximate surface area is 80.4 Å². The Morgan fingerprint density at radius 2 is 2.15 bits per heavy atom. The molecule has 1 fully saturated rings. The molecule has 0 saturated heterocycles. The third-order valence-electron chi connectivity index (χ3n) is 2.42. The lowest BCUT2D eigenvalue weighted by Crippen LogP contribution is -2.25. The van der Waals surface area contributed by atoms with Gasteiger partial charge in [-0.1, -0.05) is 13.8 Å². The second-order valence-electron chi connectivity index (χ2n) is 4.09. The third-order valence-corrected chi connectivity index (χ3v) is 2.42. The predicted octanol–water partition coefficient (Wildman–Crippen LogP) is 1.42. The number of amidine groups is 1. The maximum atomic E-state index is 5.84. The van der Waals surface area contributed by atoms with Crippen LogP contribution in [-0.2, 0) is 4.74 Å². The summed E-state index contributed by atoms with van der Waals surface area (Å²) in [6.07, 6.45) is 2.43. The predicted molar refractivity (Wildman–Crippen MR) is 54.8 cm³/mol. The summed E-state index contributed by atoms with van der Waals surface area (Å²) in [5.41, 5.74) is 5.84. The Balaban J connectivity index is 2.48. The maximum absolute atomic E-state index is 5.84. The van der Waals surface area contributed by atoms with Crippen molar-refractivity contribution >= 4 is 5.84 Å². The molecule has 0 aromatic rings. The zero-order valence-corrected chi connectivity index (χ0v) is 8.79. The fourth-order valence-corrected chi connectivity index (χ4v) is 1.23. The lowest BCUT2D eigenvalue weighted by Gasteiger charge is -2.16. The molecule has 76 valence electrons. The quantitative estimate of drug-likeness (QED) is 0.519. The standard InChI is InChI=1S/C10H20N2O/c1-7(2)9(6-13-3)12-10(11)8-4-5-8/h7-9H,4-6H2,1-3H3,(H2,11,12). The number of methoxy groups -OCH3 is 1. The van der Waals surface area contributed by atoms with E-state index in [1.54, 1.807) is 7.11 Å². The van der Waals surface area contributed by atoms with E-state index in [0.29, 0.717) is 18.4 Å². The molecular weight excluding hydrogens is 164 g/mol. The van der Waals surface area contributed by atoms with E-state index >= 15 is 0 Å². The first-order valence-corrected chi connectivity index (χ1v) is 4.97. The highest BCUT2D eigenvalue weighted by Crippen LogP contribution is 2.29. The van der Waals surface area contributed by atoms with Gasteiger partial charge in [-0.2, -0.15) is 0 Å². The van der Waals surface area contributed by atoms with Crippen LogP contribution in [0, 0.1) is 11.8 Å². The Morgan fingerprint density at radius 1 is 1.54 bits per heavy atom. The first kappa shape index (κ1) is 10.5. The lowest BCUT2D eigenvalue weighted by molar-refractivity contribution is 0.165. The minimum Gasteiger partial charge on any atom is -0.387 e. The second-order valence-corrected chi connectivity index (χ2v) is 4.09. The van der Waals surface area contributed by atoms with Gasteiger partial charge in [0.1, 0.15) is 0 Å². The largest absolute Gasteiger partial charge is 0.387 e. The number of ether oxygens (including phenoxy) is 1. The number of hydrogen-bond donors (Lipinski definition) is 1. The van der Waals surface area contributed by atoms with Crippen molar-refractivity contribution in [2.24, 2.45) is 22.6 Å². The van der Waals surface area contributed by atoms with Crippen molar-refractivity contribution in [1.82, 2.24) is 0 Å². The molecule has 0 aromatic heterocycles. The smallest absolute Gasteiger partial charge is 0.0973 e. The normalized spacial score (nSPS) is 20.8. The van der Waals surface area contributed by atoms with Crippen LogP contribution in [0.4, 0.5) is 0 Å². The summed E-state index contributed by atoms with van der Waals surface area (Å²) in [6.45, 7) is 4.96. The Bertz CT molecular complexity index is 185. The van der Waals surface area contributed by atoms with Crippen molar-refractivity contribution in [3.8, 4) is 0 Å². The Hall–Kier alpha value is -0.570. The van der Waals surface area contributed by atoms with Gasteiger partial charge < -0.3 is 10.5 Å². The summed E-state index contributed by atoms with van der Waals surface area (Å²) in [4.78, 5) is 4.50. The summed E-state index contributed by atoms with van der Waals surface area (Å²) in [6, 6.07) is 0.227. The molecular formula is C10H20N2O. The molecule has 1 rings (SSSR count). The molecule has 0 aromatic carbocycles. The summed E-state index contributed by atoms with van der Waals surface area (Å²) in [5.74, 6) is 1.89. The van der Waals surface area contributed by atoms with E-state index in [1.807, 2.05) is 0 Å². The van der Waals surface area contributed by atoms with E-state index in [4.69, 9.17) is 10.5 Å². The maximum Gasteiger partial charge on any atom is 0.0973 e. The minimum atomic E-state index is 0.227. The van der Waals surface area contributed by atoms with E-state index in [-0.39, 0.29) is 6.04 Å². The molecule has 1 atom stereocenters. The molecule has 1 aliphatic carbocycles. The van der Waals surface area contributed by atoms with Crippen LogP contribution in [0.25, 0.3) is 0 Å². The molecule has 1 aliphatic rings. The third kappa shape index (κ3) is 3.35. The van der Waals surface area contributed by atoms with Crippen LogP contribution < -0.4 is 5.73 Å². The number of hydrogen-bond acceptors (Lipinski definition) is 2. The molecule has 0 spiro atoms. The van der Waals surface area contributed by atoms with Gasteiger partial charge in [-0.05, 0) is 18.8 Å². The van der Waals surface area contributed by atoms with Crippen molar-refractivity contribution in [2.75, 3.05) is 13.7 Å². The molecule has 0 heterocycles. The minimum absolute atomic E-state index is 0.227. The van der Waals surface area contributed by atoms with Crippen molar-refractivity contribution in [2.45, 2.75) is 32.7 Å². The molecule has 2 N–H and O–H groups in total. The van der Waals surface area contributed by atoms with Crippen molar-refractivity contribution in [3.05, 3.63) is 0 Å². The molecule has 3 heteroatoms. The van der Waals surface area contributed by atoms with Crippen molar-refractivity contribution < 1.29 is 4.74 Å². The lowest BCUT2D eigenvalue weighted by atomic mass is 10.1. The highest BCUT2D eigenvalue weighted by atomic mass is 16.5. The van der Waals surface area contributed by atoms with E-state index in [1.165, 1.54) is 12.8 Å². The summed E-state index contributed by atoms with van der Waals surface area (Å²) in [7, 11) is 1.71. The molecule has 1 saturated carbocycles. The van der Waals surface area contributed by atoms with Gasteiger partial charge >= 0.3 is 0 Å². The van der Waals surface area contributed by atoms with E-state index < -0.39 is 0 Å².